The average molecular weight is 271 g/mol. The highest BCUT2D eigenvalue weighted by atomic mass is 32.1. The maximum Gasteiger partial charge on any atom is 0.256 e. The normalized spacial score (nSPS) is 9.95. The third-order valence-electron chi connectivity index (χ3n) is 2.58. The minimum atomic E-state index is -0.217. The molecule has 0 saturated heterocycles. The van der Waals surface area contributed by atoms with Gasteiger partial charge in [-0.3, -0.25) is 4.79 Å². The molecule has 2 aromatic rings. The van der Waals surface area contributed by atoms with Gasteiger partial charge in [0.15, 0.2) is 0 Å². The molecule has 1 aromatic carbocycles. The first kappa shape index (κ1) is 13.2. The van der Waals surface area contributed by atoms with Gasteiger partial charge < -0.3 is 11.1 Å². The van der Waals surface area contributed by atoms with E-state index in [2.05, 4.69) is 10.3 Å². The van der Waals surface area contributed by atoms with Gasteiger partial charge >= 0.3 is 0 Å². The van der Waals surface area contributed by atoms with Crippen molar-refractivity contribution in [1.29, 1.82) is 0 Å². The third kappa shape index (κ3) is 3.35. The van der Waals surface area contributed by atoms with E-state index < -0.39 is 0 Å². The van der Waals surface area contributed by atoms with Crippen LogP contribution in [0.4, 0.5) is 5.82 Å². The van der Waals surface area contributed by atoms with Gasteiger partial charge in [0.05, 0.1) is 0 Å². The second kappa shape index (κ2) is 5.58. The number of hydrogen-bond acceptors (Lipinski definition) is 3. The molecule has 0 aliphatic rings. The number of carbonyl (C=O) groups excluding carboxylic acids is 1. The van der Waals surface area contributed by atoms with E-state index in [9.17, 15) is 4.79 Å². The molecule has 1 aromatic heterocycles. The molecular weight excluding hydrogens is 258 g/mol. The van der Waals surface area contributed by atoms with Crippen LogP contribution < -0.4 is 11.1 Å². The van der Waals surface area contributed by atoms with Crippen LogP contribution in [0.25, 0.3) is 0 Å². The van der Waals surface area contributed by atoms with Crippen LogP contribution >= 0.6 is 12.2 Å². The molecule has 5 heteroatoms. The summed E-state index contributed by atoms with van der Waals surface area (Å²) < 4.78 is 0. The van der Waals surface area contributed by atoms with Crippen LogP contribution in [-0.2, 0) is 0 Å². The molecule has 0 atom stereocenters. The van der Waals surface area contributed by atoms with E-state index in [1.165, 1.54) is 0 Å². The maximum atomic E-state index is 12.0. The monoisotopic (exact) mass is 271 g/mol. The highest BCUT2D eigenvalue weighted by Crippen LogP contribution is 2.09. The van der Waals surface area contributed by atoms with Gasteiger partial charge in [0.25, 0.3) is 5.91 Å². The Morgan fingerprint density at radius 2 is 1.79 bits per heavy atom. The number of nitrogens with one attached hydrogen (secondary N) is 1. The lowest BCUT2D eigenvalue weighted by atomic mass is 10.1. The number of carbonyl (C=O) groups is 1. The number of aromatic nitrogens is 1. The molecule has 0 fully saturated rings. The van der Waals surface area contributed by atoms with E-state index in [4.69, 9.17) is 18.0 Å². The SMILES string of the molecule is Cc1ccc(NC(=O)c2ccc(C(N)=S)cc2)nc1. The van der Waals surface area contributed by atoms with Gasteiger partial charge in [0.1, 0.15) is 10.8 Å². The van der Waals surface area contributed by atoms with Crippen molar-refractivity contribution >= 4 is 28.9 Å². The number of amides is 1. The fourth-order valence-electron chi connectivity index (χ4n) is 1.52. The number of thiocarbonyl (C=S) groups is 1. The maximum absolute atomic E-state index is 12.0. The summed E-state index contributed by atoms with van der Waals surface area (Å²) in [6.07, 6.45) is 1.70. The van der Waals surface area contributed by atoms with Gasteiger partial charge in [-0.25, -0.2) is 4.98 Å². The van der Waals surface area contributed by atoms with E-state index in [1.807, 2.05) is 13.0 Å². The smallest absolute Gasteiger partial charge is 0.256 e. The van der Waals surface area contributed by atoms with Crippen LogP contribution in [0.5, 0.6) is 0 Å². The summed E-state index contributed by atoms with van der Waals surface area (Å²) in [4.78, 5) is 16.4. The fourth-order valence-corrected chi connectivity index (χ4v) is 1.65. The molecule has 0 bridgehead atoms. The van der Waals surface area contributed by atoms with E-state index in [0.29, 0.717) is 16.4 Å². The van der Waals surface area contributed by atoms with Crippen LogP contribution in [0.3, 0.4) is 0 Å². The molecule has 0 radical (unpaired) electrons. The minimum absolute atomic E-state index is 0.217. The van der Waals surface area contributed by atoms with E-state index >= 15 is 0 Å². The molecule has 1 heterocycles. The molecule has 1 amide bonds. The zero-order chi connectivity index (χ0) is 13.8. The van der Waals surface area contributed by atoms with Gasteiger partial charge in [-0.05, 0) is 30.7 Å². The van der Waals surface area contributed by atoms with E-state index in [1.54, 1.807) is 36.5 Å². The van der Waals surface area contributed by atoms with Crippen LogP contribution in [-0.4, -0.2) is 15.9 Å². The predicted molar refractivity (Wildman–Crippen MR) is 79.3 cm³/mol. The Kier molecular flexibility index (Phi) is 3.87. The molecule has 0 aliphatic heterocycles. The predicted octanol–water partition coefficient (Wildman–Crippen LogP) is 2.28. The largest absolute Gasteiger partial charge is 0.389 e. The first-order valence-electron chi connectivity index (χ1n) is 5.70. The molecule has 3 N–H and O–H groups in total. The lowest BCUT2D eigenvalue weighted by Crippen LogP contribution is -2.14. The van der Waals surface area contributed by atoms with Crippen molar-refractivity contribution in [3.8, 4) is 0 Å². The summed E-state index contributed by atoms with van der Waals surface area (Å²) in [5.41, 5.74) is 7.81. The molecule has 0 spiro atoms. The van der Waals surface area contributed by atoms with Crippen molar-refractivity contribution in [2.75, 3.05) is 5.32 Å². The lowest BCUT2D eigenvalue weighted by Gasteiger charge is -2.05. The second-order valence-electron chi connectivity index (χ2n) is 4.12. The summed E-state index contributed by atoms with van der Waals surface area (Å²) in [7, 11) is 0. The Morgan fingerprint density at radius 1 is 1.16 bits per heavy atom. The Morgan fingerprint density at radius 3 is 2.32 bits per heavy atom. The Hall–Kier alpha value is -2.27. The third-order valence-corrected chi connectivity index (χ3v) is 2.82. The molecule has 96 valence electrons. The van der Waals surface area contributed by atoms with Crippen molar-refractivity contribution in [1.82, 2.24) is 4.98 Å². The lowest BCUT2D eigenvalue weighted by molar-refractivity contribution is 0.102. The average Bonchev–Trinajstić information content (AvgIpc) is 2.41. The van der Waals surface area contributed by atoms with Crippen molar-refractivity contribution in [3.63, 3.8) is 0 Å². The Balaban J connectivity index is 2.11. The van der Waals surface area contributed by atoms with Gasteiger partial charge in [-0.2, -0.15) is 0 Å². The number of aryl methyl sites for hydroxylation is 1. The highest BCUT2D eigenvalue weighted by molar-refractivity contribution is 7.80. The topological polar surface area (TPSA) is 68.0 Å². The minimum Gasteiger partial charge on any atom is -0.389 e. The molecule has 0 saturated carbocycles. The number of nitrogens with zero attached hydrogens (tertiary/aromatic N) is 1. The van der Waals surface area contributed by atoms with Crippen molar-refractivity contribution in [3.05, 3.63) is 59.3 Å². The van der Waals surface area contributed by atoms with Crippen molar-refractivity contribution in [2.24, 2.45) is 5.73 Å². The van der Waals surface area contributed by atoms with Crippen molar-refractivity contribution in [2.45, 2.75) is 6.92 Å². The molecule has 4 nitrogen and oxygen atoms in total. The van der Waals surface area contributed by atoms with Crippen LogP contribution in [0, 0.1) is 6.92 Å². The first-order chi connectivity index (χ1) is 9.06. The van der Waals surface area contributed by atoms with Crippen LogP contribution in [0.2, 0.25) is 0 Å². The summed E-state index contributed by atoms with van der Waals surface area (Å²) >= 11 is 4.86. The number of pyridine rings is 1. The van der Waals surface area contributed by atoms with Crippen LogP contribution in [0.15, 0.2) is 42.6 Å². The molecule has 19 heavy (non-hydrogen) atoms. The van der Waals surface area contributed by atoms with Crippen LogP contribution in [0.1, 0.15) is 21.5 Å². The Labute approximate surface area is 116 Å². The van der Waals surface area contributed by atoms with Gasteiger partial charge in [0, 0.05) is 17.3 Å². The molecule has 0 aliphatic carbocycles. The number of benzene rings is 1. The van der Waals surface area contributed by atoms with E-state index in [0.717, 1.165) is 11.1 Å². The molecular formula is C14H13N3OS. The fraction of sp³-hybridized carbons (Fsp3) is 0.0714. The number of rotatable bonds is 3. The standard InChI is InChI=1S/C14H13N3OS/c1-9-2-7-12(16-8-9)17-14(18)11-5-3-10(4-6-11)13(15)19/h2-8H,1H3,(H2,15,19)(H,16,17,18). The zero-order valence-corrected chi connectivity index (χ0v) is 11.2. The van der Waals surface area contributed by atoms with Crippen molar-refractivity contribution < 1.29 is 4.79 Å². The summed E-state index contributed by atoms with van der Waals surface area (Å²) in [5, 5.41) is 2.72. The summed E-state index contributed by atoms with van der Waals surface area (Å²) in [6, 6.07) is 10.4. The van der Waals surface area contributed by atoms with Gasteiger partial charge in [0.2, 0.25) is 0 Å². The number of hydrogen-bond donors (Lipinski definition) is 2. The molecule has 2 rings (SSSR count). The van der Waals surface area contributed by atoms with Gasteiger partial charge in [-0.1, -0.05) is 30.4 Å². The number of anilines is 1. The second-order valence-corrected chi connectivity index (χ2v) is 4.56. The first-order valence-corrected chi connectivity index (χ1v) is 6.11. The van der Waals surface area contributed by atoms with E-state index in [-0.39, 0.29) is 5.91 Å². The zero-order valence-electron chi connectivity index (χ0n) is 10.4. The molecule has 0 unspecified atom stereocenters. The highest BCUT2D eigenvalue weighted by Gasteiger charge is 2.07. The summed E-state index contributed by atoms with van der Waals surface area (Å²) in [5.74, 6) is 0.305. The quantitative estimate of drug-likeness (QED) is 0.840. The summed E-state index contributed by atoms with van der Waals surface area (Å²) in [6.45, 7) is 1.94. The number of nitrogens with two attached hydrogens (primary N) is 1. The van der Waals surface area contributed by atoms with Gasteiger partial charge in [-0.15, -0.1) is 0 Å². The Bertz CT molecular complexity index is 606.